The Kier molecular flexibility index (Phi) is 6.91. The predicted octanol–water partition coefficient (Wildman–Crippen LogP) is 3.05. The van der Waals surface area contributed by atoms with E-state index in [0.29, 0.717) is 32.0 Å². The number of hydrogen-bond acceptors (Lipinski definition) is 8. The molecule has 2 aromatic rings. The molecule has 0 atom stereocenters. The Labute approximate surface area is 193 Å². The lowest BCUT2D eigenvalue weighted by Gasteiger charge is -2.28. The molecule has 0 aromatic heterocycles. The largest absolute Gasteiger partial charge is 0.378 e. The zero-order valence-electron chi connectivity index (χ0n) is 18.4. The van der Waals surface area contributed by atoms with Crippen LogP contribution in [0.15, 0.2) is 52.5 Å². The second-order valence-electron chi connectivity index (χ2n) is 8.00. The number of morpholine rings is 1. The Morgan fingerprint density at radius 3 is 2.36 bits per heavy atom. The number of nitrogens with one attached hydrogen (secondary N) is 1. The van der Waals surface area contributed by atoms with E-state index in [4.69, 9.17) is 4.74 Å². The monoisotopic (exact) mass is 473 g/mol. The standard InChI is InChI=1S/C22H27N5O5S/c1-17(18-4-6-19(7-5-18)25-12-14-32-15-13-25)23-24-21-9-8-20(16-22(21)27(28)29)33(30,31)26-10-2-3-11-26/h4-9,16,24H,2-3,10-15H2,1H3. The molecule has 2 heterocycles. The highest BCUT2D eigenvalue weighted by Crippen LogP contribution is 2.30. The van der Waals surface area contributed by atoms with Gasteiger partial charge < -0.3 is 9.64 Å². The number of rotatable bonds is 7. The molecule has 10 nitrogen and oxygen atoms in total. The number of nitro groups is 1. The van der Waals surface area contributed by atoms with Crippen molar-refractivity contribution in [2.45, 2.75) is 24.7 Å². The molecule has 0 unspecified atom stereocenters. The van der Waals surface area contributed by atoms with Gasteiger partial charge >= 0.3 is 0 Å². The molecule has 33 heavy (non-hydrogen) atoms. The highest BCUT2D eigenvalue weighted by Gasteiger charge is 2.29. The maximum atomic E-state index is 12.8. The third-order valence-electron chi connectivity index (χ3n) is 5.87. The van der Waals surface area contributed by atoms with E-state index >= 15 is 0 Å². The van der Waals surface area contributed by atoms with E-state index in [1.165, 1.54) is 16.4 Å². The first-order chi connectivity index (χ1) is 15.9. The summed E-state index contributed by atoms with van der Waals surface area (Å²) < 4.78 is 32.3. The molecule has 2 aliphatic rings. The normalized spacial score (nSPS) is 17.8. The van der Waals surface area contributed by atoms with E-state index in [1.807, 2.05) is 24.3 Å². The minimum Gasteiger partial charge on any atom is -0.378 e. The lowest BCUT2D eigenvalue weighted by Crippen LogP contribution is -2.36. The third-order valence-corrected chi connectivity index (χ3v) is 7.77. The van der Waals surface area contributed by atoms with Gasteiger partial charge in [-0.2, -0.15) is 9.41 Å². The number of sulfonamides is 1. The van der Waals surface area contributed by atoms with Gasteiger partial charge in [0.05, 0.1) is 28.7 Å². The Morgan fingerprint density at radius 1 is 1.06 bits per heavy atom. The van der Waals surface area contributed by atoms with E-state index in [9.17, 15) is 18.5 Å². The summed E-state index contributed by atoms with van der Waals surface area (Å²) in [6.45, 7) is 5.79. The van der Waals surface area contributed by atoms with Gasteiger partial charge in [0.15, 0.2) is 0 Å². The van der Waals surface area contributed by atoms with Crippen molar-refractivity contribution in [2.24, 2.45) is 5.10 Å². The molecule has 0 bridgehead atoms. The van der Waals surface area contributed by atoms with Crippen LogP contribution in [0.2, 0.25) is 0 Å². The quantitative estimate of drug-likeness (QED) is 0.373. The van der Waals surface area contributed by atoms with E-state index < -0.39 is 14.9 Å². The second kappa shape index (κ2) is 9.86. The van der Waals surface area contributed by atoms with Crippen molar-refractivity contribution >= 4 is 32.8 Å². The van der Waals surface area contributed by atoms with Crippen molar-refractivity contribution in [1.29, 1.82) is 0 Å². The zero-order valence-corrected chi connectivity index (χ0v) is 19.3. The fourth-order valence-corrected chi connectivity index (χ4v) is 5.48. The highest BCUT2D eigenvalue weighted by atomic mass is 32.2. The van der Waals surface area contributed by atoms with Gasteiger partial charge in [-0.15, -0.1) is 0 Å². The van der Waals surface area contributed by atoms with Crippen LogP contribution in [0, 0.1) is 10.1 Å². The fraction of sp³-hybridized carbons (Fsp3) is 0.409. The molecule has 0 saturated carbocycles. The highest BCUT2D eigenvalue weighted by molar-refractivity contribution is 7.89. The van der Waals surface area contributed by atoms with Crippen molar-refractivity contribution in [3.05, 3.63) is 58.1 Å². The summed E-state index contributed by atoms with van der Waals surface area (Å²) >= 11 is 0. The van der Waals surface area contributed by atoms with Gasteiger partial charge in [0, 0.05) is 37.9 Å². The molecule has 0 radical (unpaired) electrons. The van der Waals surface area contributed by atoms with Gasteiger partial charge in [-0.3, -0.25) is 15.5 Å². The molecule has 0 amide bonds. The van der Waals surface area contributed by atoms with Gasteiger partial charge in [-0.1, -0.05) is 12.1 Å². The second-order valence-corrected chi connectivity index (χ2v) is 9.94. The summed E-state index contributed by atoms with van der Waals surface area (Å²) in [5, 5.41) is 15.9. The molecule has 2 saturated heterocycles. The first-order valence-corrected chi connectivity index (χ1v) is 12.3. The zero-order chi connectivity index (χ0) is 23.4. The summed E-state index contributed by atoms with van der Waals surface area (Å²) in [6.07, 6.45) is 1.59. The summed E-state index contributed by atoms with van der Waals surface area (Å²) in [5.74, 6) is 0. The van der Waals surface area contributed by atoms with Crippen LogP contribution in [0.5, 0.6) is 0 Å². The summed E-state index contributed by atoms with van der Waals surface area (Å²) in [5.41, 5.74) is 5.14. The van der Waals surface area contributed by atoms with Crippen LogP contribution in [0.4, 0.5) is 17.1 Å². The van der Waals surface area contributed by atoms with Crippen molar-refractivity contribution in [1.82, 2.24) is 4.31 Å². The first-order valence-electron chi connectivity index (χ1n) is 10.9. The minimum atomic E-state index is -3.75. The van der Waals surface area contributed by atoms with E-state index in [1.54, 1.807) is 6.92 Å². The van der Waals surface area contributed by atoms with E-state index in [0.717, 1.165) is 43.2 Å². The number of nitro benzene ring substituents is 1. The molecular weight excluding hydrogens is 446 g/mol. The fourth-order valence-electron chi connectivity index (χ4n) is 3.94. The number of anilines is 2. The number of nitrogens with zero attached hydrogens (tertiary/aromatic N) is 4. The number of hydrazone groups is 1. The van der Waals surface area contributed by atoms with Gasteiger partial charge in [-0.05, 0) is 49.6 Å². The smallest absolute Gasteiger partial charge is 0.295 e. The number of ether oxygens (including phenoxy) is 1. The molecular formula is C22H27N5O5S. The van der Waals surface area contributed by atoms with Gasteiger partial charge in [-0.25, -0.2) is 8.42 Å². The van der Waals surface area contributed by atoms with Crippen molar-refractivity contribution < 1.29 is 18.1 Å². The molecule has 176 valence electrons. The molecule has 4 rings (SSSR count). The lowest BCUT2D eigenvalue weighted by atomic mass is 10.1. The third kappa shape index (κ3) is 5.15. The van der Waals surface area contributed by atoms with Crippen LogP contribution in [-0.4, -0.2) is 62.8 Å². The average molecular weight is 474 g/mol. The maximum Gasteiger partial charge on any atom is 0.295 e. The predicted molar refractivity (Wildman–Crippen MR) is 126 cm³/mol. The van der Waals surface area contributed by atoms with Gasteiger partial charge in [0.1, 0.15) is 5.69 Å². The van der Waals surface area contributed by atoms with Crippen LogP contribution in [0.1, 0.15) is 25.3 Å². The van der Waals surface area contributed by atoms with Crippen LogP contribution >= 0.6 is 0 Å². The molecule has 1 N–H and O–H groups in total. The van der Waals surface area contributed by atoms with Crippen molar-refractivity contribution in [3.8, 4) is 0 Å². The van der Waals surface area contributed by atoms with Crippen LogP contribution in [0.3, 0.4) is 0 Å². The Balaban J connectivity index is 1.51. The number of hydrogen-bond donors (Lipinski definition) is 1. The summed E-state index contributed by atoms with van der Waals surface area (Å²) in [6, 6.07) is 11.8. The molecule has 2 aromatic carbocycles. The Bertz CT molecular complexity index is 1140. The van der Waals surface area contributed by atoms with Gasteiger partial charge in [0.2, 0.25) is 10.0 Å². The van der Waals surface area contributed by atoms with Crippen LogP contribution < -0.4 is 10.3 Å². The van der Waals surface area contributed by atoms with Crippen LogP contribution in [0.25, 0.3) is 0 Å². The molecule has 2 aliphatic heterocycles. The molecule has 0 spiro atoms. The first kappa shape index (κ1) is 23.1. The van der Waals surface area contributed by atoms with Crippen LogP contribution in [-0.2, 0) is 14.8 Å². The van der Waals surface area contributed by atoms with Gasteiger partial charge in [0.25, 0.3) is 5.69 Å². The summed E-state index contributed by atoms with van der Waals surface area (Å²) in [7, 11) is -3.75. The SMILES string of the molecule is CC(=NNc1ccc(S(=O)(=O)N2CCCC2)cc1[N+](=O)[O-])c1ccc(N2CCOCC2)cc1. The van der Waals surface area contributed by atoms with E-state index in [-0.39, 0.29) is 16.3 Å². The Hall–Kier alpha value is -3.02. The molecule has 0 aliphatic carbocycles. The molecule has 11 heteroatoms. The number of benzene rings is 2. The van der Waals surface area contributed by atoms with Crippen molar-refractivity contribution in [3.63, 3.8) is 0 Å². The minimum absolute atomic E-state index is 0.0824. The van der Waals surface area contributed by atoms with E-state index in [2.05, 4.69) is 15.4 Å². The Morgan fingerprint density at radius 2 is 1.73 bits per heavy atom. The van der Waals surface area contributed by atoms with Crippen molar-refractivity contribution in [2.75, 3.05) is 49.7 Å². The summed E-state index contributed by atoms with van der Waals surface area (Å²) in [4.78, 5) is 13.2. The molecule has 2 fully saturated rings. The average Bonchev–Trinajstić information content (AvgIpc) is 3.39. The maximum absolute atomic E-state index is 12.8. The lowest BCUT2D eigenvalue weighted by molar-refractivity contribution is -0.384. The topological polar surface area (TPSA) is 117 Å².